The van der Waals surface area contributed by atoms with E-state index in [-0.39, 0.29) is 10.6 Å². The third-order valence-electron chi connectivity index (χ3n) is 2.81. The Labute approximate surface area is 126 Å². The summed E-state index contributed by atoms with van der Waals surface area (Å²) in [7, 11) is -4.37. The monoisotopic (exact) mass is 317 g/mol. The first-order chi connectivity index (χ1) is 10.3. The molecule has 2 rings (SSSR count). The van der Waals surface area contributed by atoms with Gasteiger partial charge in [0.15, 0.2) is 5.84 Å². The van der Waals surface area contributed by atoms with Crippen LogP contribution in [0.3, 0.4) is 0 Å². The van der Waals surface area contributed by atoms with Gasteiger partial charge in [0, 0.05) is 10.8 Å². The topological polar surface area (TPSA) is 152 Å². The molecule has 0 spiro atoms. The molecule has 2 aromatic carbocycles. The van der Waals surface area contributed by atoms with Crippen LogP contribution in [-0.2, 0) is 10.1 Å². The van der Waals surface area contributed by atoms with Crippen molar-refractivity contribution in [3.63, 3.8) is 0 Å². The van der Waals surface area contributed by atoms with Crippen molar-refractivity contribution < 1.29 is 13.0 Å². The van der Waals surface area contributed by atoms with Crippen molar-refractivity contribution in [3.05, 3.63) is 36.4 Å². The molecule has 2 aromatic rings. The summed E-state index contributed by atoms with van der Waals surface area (Å²) in [6, 6.07) is 10.7. The Bertz CT molecular complexity index is 928. The molecule has 0 unspecified atom stereocenters. The molecule has 112 valence electrons. The first-order valence-corrected chi connectivity index (χ1v) is 7.36. The van der Waals surface area contributed by atoms with Crippen LogP contribution in [0.1, 0.15) is 0 Å². The zero-order chi connectivity index (χ0) is 16.3. The van der Waals surface area contributed by atoms with Crippen molar-refractivity contribution in [2.24, 2.45) is 10.8 Å². The molecule has 0 saturated carbocycles. The minimum absolute atomic E-state index is 0.232. The summed E-state index contributed by atoms with van der Waals surface area (Å²) in [5.74, 6) is -0.492. The Kier molecular flexibility index (Phi) is 4.07. The quantitative estimate of drug-likeness (QED) is 0.289. The van der Waals surface area contributed by atoms with Crippen molar-refractivity contribution in [2.45, 2.75) is 4.90 Å². The molecule has 0 aromatic heterocycles. The second kappa shape index (κ2) is 5.80. The number of fused-ring (bicyclic) bond motifs is 1. The van der Waals surface area contributed by atoms with Gasteiger partial charge >= 0.3 is 0 Å². The highest BCUT2D eigenvalue weighted by Gasteiger charge is 2.15. The second-order valence-electron chi connectivity index (χ2n) is 4.23. The van der Waals surface area contributed by atoms with Crippen LogP contribution in [0.25, 0.3) is 10.8 Å². The summed E-state index contributed by atoms with van der Waals surface area (Å²) in [6.07, 6.45) is 0. The van der Waals surface area contributed by atoms with Crippen molar-refractivity contribution in [1.29, 1.82) is 10.7 Å². The maximum absolute atomic E-state index is 11.4. The van der Waals surface area contributed by atoms with E-state index in [9.17, 15) is 13.0 Å². The third kappa shape index (κ3) is 3.03. The van der Waals surface area contributed by atoms with E-state index in [1.165, 1.54) is 18.2 Å². The minimum atomic E-state index is -4.37. The number of nitrogens with zero attached hydrogens (tertiary/aromatic N) is 2. The van der Waals surface area contributed by atoms with Crippen LogP contribution in [0.2, 0.25) is 0 Å². The van der Waals surface area contributed by atoms with Crippen LogP contribution in [0.4, 0.5) is 5.69 Å². The fraction of sp³-hybridized carbons (Fsp3) is 0. The van der Waals surface area contributed by atoms with Crippen molar-refractivity contribution in [1.82, 2.24) is 0 Å². The molecule has 0 heterocycles. The lowest BCUT2D eigenvalue weighted by atomic mass is 10.1. The van der Waals surface area contributed by atoms with Crippen molar-refractivity contribution in [2.75, 3.05) is 5.43 Å². The molecule has 0 amide bonds. The summed E-state index contributed by atoms with van der Waals surface area (Å²) in [5.41, 5.74) is 7.85. The number of hydrogen-bond acceptors (Lipinski definition) is 6. The summed E-state index contributed by atoms with van der Waals surface area (Å²) >= 11 is 0. The molecule has 0 atom stereocenters. The van der Waals surface area contributed by atoms with Crippen LogP contribution in [0.15, 0.2) is 46.4 Å². The molecule has 9 heteroatoms. The number of rotatable bonds is 4. The van der Waals surface area contributed by atoms with E-state index in [4.69, 9.17) is 16.4 Å². The van der Waals surface area contributed by atoms with Gasteiger partial charge in [-0.2, -0.15) is 18.8 Å². The van der Waals surface area contributed by atoms with Crippen LogP contribution in [0, 0.1) is 16.7 Å². The van der Waals surface area contributed by atoms with E-state index < -0.39 is 16.0 Å². The second-order valence-corrected chi connectivity index (χ2v) is 5.62. The number of hydrogen-bond donors (Lipinski definition) is 4. The van der Waals surface area contributed by atoms with Gasteiger partial charge in [0.25, 0.3) is 10.1 Å². The highest BCUT2D eigenvalue weighted by Crippen LogP contribution is 2.29. The first kappa shape index (κ1) is 15.4. The zero-order valence-corrected chi connectivity index (χ0v) is 11.9. The van der Waals surface area contributed by atoms with Gasteiger partial charge < -0.3 is 5.73 Å². The van der Waals surface area contributed by atoms with E-state index in [0.29, 0.717) is 16.5 Å². The minimum Gasteiger partial charge on any atom is -0.382 e. The molecular formula is C13H11N5O3S. The van der Waals surface area contributed by atoms with Crippen molar-refractivity contribution in [3.8, 4) is 6.07 Å². The Morgan fingerprint density at radius 1 is 1.27 bits per heavy atom. The highest BCUT2D eigenvalue weighted by atomic mass is 32.2. The summed E-state index contributed by atoms with van der Waals surface area (Å²) in [4.78, 5) is -0.232. The lowest BCUT2D eigenvalue weighted by Crippen LogP contribution is -2.21. The lowest BCUT2D eigenvalue weighted by Gasteiger charge is -2.09. The Morgan fingerprint density at radius 3 is 2.45 bits per heavy atom. The summed E-state index contributed by atoms with van der Waals surface area (Å²) in [5, 5.41) is 20.4. The van der Waals surface area contributed by atoms with Gasteiger partial charge in [0.2, 0.25) is 5.71 Å². The van der Waals surface area contributed by atoms with Crippen LogP contribution < -0.4 is 11.2 Å². The molecule has 0 fully saturated rings. The number of benzene rings is 2. The predicted octanol–water partition coefficient (Wildman–Crippen LogP) is 1.31. The normalized spacial score (nSPS) is 11.9. The molecule has 0 aliphatic heterocycles. The number of nitriles is 1. The number of nitrogens with two attached hydrogens (primary N) is 1. The van der Waals surface area contributed by atoms with Crippen LogP contribution in [0.5, 0.6) is 0 Å². The maximum atomic E-state index is 11.4. The van der Waals surface area contributed by atoms with E-state index in [0.717, 1.165) is 0 Å². The third-order valence-corrected chi connectivity index (χ3v) is 3.72. The van der Waals surface area contributed by atoms with Gasteiger partial charge in [-0.1, -0.05) is 24.3 Å². The fourth-order valence-electron chi connectivity index (χ4n) is 1.86. The molecule has 0 bridgehead atoms. The molecular weight excluding hydrogens is 306 g/mol. The van der Waals surface area contributed by atoms with E-state index >= 15 is 0 Å². The zero-order valence-electron chi connectivity index (χ0n) is 11.1. The average Bonchev–Trinajstić information content (AvgIpc) is 2.46. The largest absolute Gasteiger partial charge is 0.382 e. The summed E-state index contributed by atoms with van der Waals surface area (Å²) < 4.78 is 32.0. The standard InChI is InChI=1S/C13H11N5O3S/c14-7-11(13(15)16)18-17-10-5-6-12(22(19,20)21)9-4-2-1-3-8(9)10/h1-6,17H,(H3,15,16)(H,19,20,21)/b18-11+. The highest BCUT2D eigenvalue weighted by molar-refractivity contribution is 7.86. The lowest BCUT2D eigenvalue weighted by molar-refractivity contribution is 0.484. The van der Waals surface area contributed by atoms with Gasteiger partial charge in [0.1, 0.15) is 11.0 Å². The van der Waals surface area contributed by atoms with E-state index in [1.807, 2.05) is 0 Å². The van der Waals surface area contributed by atoms with Gasteiger partial charge in [-0.25, -0.2) is 0 Å². The van der Waals surface area contributed by atoms with Crippen LogP contribution in [-0.4, -0.2) is 24.5 Å². The van der Waals surface area contributed by atoms with Crippen LogP contribution >= 0.6 is 0 Å². The van der Waals surface area contributed by atoms with Gasteiger partial charge in [-0.05, 0) is 12.1 Å². The molecule has 5 N–H and O–H groups in total. The molecule has 0 saturated heterocycles. The molecule has 0 aliphatic carbocycles. The van der Waals surface area contributed by atoms with Gasteiger partial charge in [0.05, 0.1) is 5.69 Å². The Morgan fingerprint density at radius 2 is 1.91 bits per heavy atom. The van der Waals surface area contributed by atoms with Gasteiger partial charge in [-0.3, -0.25) is 15.4 Å². The Hall–Kier alpha value is -2.96. The number of anilines is 1. The van der Waals surface area contributed by atoms with E-state index in [1.54, 1.807) is 24.3 Å². The molecule has 0 aliphatic rings. The number of hydrazone groups is 1. The smallest absolute Gasteiger partial charge is 0.295 e. The SMILES string of the molecule is N#C/C(=N\Nc1ccc(S(=O)(=O)O)c2ccccc12)C(=N)N. The van der Waals surface area contributed by atoms with Crippen molar-refractivity contribution >= 4 is 38.1 Å². The summed E-state index contributed by atoms with van der Waals surface area (Å²) in [6.45, 7) is 0. The molecule has 0 radical (unpaired) electrons. The number of nitrogens with one attached hydrogen (secondary N) is 2. The first-order valence-electron chi connectivity index (χ1n) is 5.92. The fourth-order valence-corrected chi connectivity index (χ4v) is 2.55. The maximum Gasteiger partial charge on any atom is 0.295 e. The molecule has 8 nitrogen and oxygen atoms in total. The Balaban J connectivity index is 2.59. The van der Waals surface area contributed by atoms with Gasteiger partial charge in [-0.15, -0.1) is 0 Å². The van der Waals surface area contributed by atoms with E-state index in [2.05, 4.69) is 10.5 Å². The number of amidine groups is 1. The average molecular weight is 317 g/mol. The molecule has 22 heavy (non-hydrogen) atoms. The predicted molar refractivity (Wildman–Crippen MR) is 82.3 cm³/mol.